The number of ether oxygens (including phenoxy) is 1. The standard InChI is InChI=1S/C34H31NO3S2/c1-22-9-13-28(14-10-22)34-35-24(3)33(40-34)31(39-29-17-18-30(23(2)19-29)38-21-32(36)37)20-25-11-15-27(16-12-25)26-7-5-4-6-8-26/h4-19,31H,20-21H2,1-3H3,(H,36,37). The van der Waals surface area contributed by atoms with Crippen molar-refractivity contribution in [3.63, 3.8) is 0 Å². The summed E-state index contributed by atoms with van der Waals surface area (Å²) in [6, 6.07) is 33.8. The van der Waals surface area contributed by atoms with Crippen LogP contribution in [0.15, 0.2) is 102 Å². The number of rotatable bonds is 10. The number of carboxylic acids is 1. The number of hydrogen-bond acceptors (Lipinski definition) is 5. The maximum absolute atomic E-state index is 10.9. The molecule has 0 fully saturated rings. The van der Waals surface area contributed by atoms with Crippen LogP contribution in [0.25, 0.3) is 21.7 Å². The monoisotopic (exact) mass is 565 g/mol. The summed E-state index contributed by atoms with van der Waals surface area (Å²) in [7, 11) is 0. The van der Waals surface area contributed by atoms with Crippen molar-refractivity contribution in [2.24, 2.45) is 0 Å². The molecule has 4 nitrogen and oxygen atoms in total. The molecule has 5 rings (SSSR count). The van der Waals surface area contributed by atoms with Gasteiger partial charge in [0.25, 0.3) is 0 Å². The molecule has 5 aromatic rings. The fourth-order valence-corrected chi connectivity index (χ4v) is 7.17. The zero-order valence-corrected chi connectivity index (χ0v) is 24.4. The van der Waals surface area contributed by atoms with Crippen LogP contribution in [0.2, 0.25) is 0 Å². The van der Waals surface area contributed by atoms with Gasteiger partial charge >= 0.3 is 5.97 Å². The largest absolute Gasteiger partial charge is 0.482 e. The Labute approximate surface area is 243 Å². The molecule has 1 aromatic heterocycles. The first-order valence-electron chi connectivity index (χ1n) is 13.2. The van der Waals surface area contributed by atoms with Gasteiger partial charge in [-0.15, -0.1) is 23.1 Å². The van der Waals surface area contributed by atoms with E-state index in [9.17, 15) is 4.79 Å². The van der Waals surface area contributed by atoms with Crippen LogP contribution in [0.3, 0.4) is 0 Å². The molecule has 0 radical (unpaired) electrons. The van der Waals surface area contributed by atoms with E-state index < -0.39 is 5.97 Å². The number of carbonyl (C=O) groups is 1. The third-order valence-electron chi connectivity index (χ3n) is 6.68. The Hall–Kier alpha value is -3.87. The molecule has 0 amide bonds. The van der Waals surface area contributed by atoms with E-state index >= 15 is 0 Å². The summed E-state index contributed by atoms with van der Waals surface area (Å²) in [5, 5.41) is 10.2. The minimum absolute atomic E-state index is 0.157. The number of carboxylic acid groups (broad SMARTS) is 1. The van der Waals surface area contributed by atoms with Gasteiger partial charge in [-0.1, -0.05) is 84.4 Å². The van der Waals surface area contributed by atoms with Gasteiger partial charge in [0, 0.05) is 20.6 Å². The Balaban J connectivity index is 1.44. The van der Waals surface area contributed by atoms with Crippen LogP contribution in [0.4, 0.5) is 0 Å². The number of aryl methyl sites for hydroxylation is 3. The van der Waals surface area contributed by atoms with Gasteiger partial charge < -0.3 is 9.84 Å². The van der Waals surface area contributed by atoms with E-state index in [1.54, 1.807) is 11.3 Å². The number of hydrogen-bond donors (Lipinski definition) is 1. The zero-order valence-electron chi connectivity index (χ0n) is 22.8. The maximum atomic E-state index is 10.9. The lowest BCUT2D eigenvalue weighted by Crippen LogP contribution is -2.10. The molecule has 0 aliphatic carbocycles. The quantitative estimate of drug-likeness (QED) is 0.171. The number of aromatic nitrogens is 1. The highest BCUT2D eigenvalue weighted by molar-refractivity contribution is 7.99. The molecule has 40 heavy (non-hydrogen) atoms. The Kier molecular flexibility index (Phi) is 8.68. The Morgan fingerprint density at radius 1 is 0.875 bits per heavy atom. The summed E-state index contributed by atoms with van der Waals surface area (Å²) in [6.45, 7) is 5.80. The number of thiazole rings is 1. The first-order chi connectivity index (χ1) is 19.4. The molecule has 1 heterocycles. The summed E-state index contributed by atoms with van der Waals surface area (Å²) >= 11 is 3.57. The SMILES string of the molecule is Cc1ccc(-c2nc(C)c(C(Cc3ccc(-c4ccccc4)cc3)Sc3ccc(OCC(=O)O)c(C)c3)s2)cc1. The van der Waals surface area contributed by atoms with Crippen molar-refractivity contribution in [1.82, 2.24) is 4.98 Å². The first-order valence-corrected chi connectivity index (χ1v) is 14.9. The van der Waals surface area contributed by atoms with Gasteiger partial charge in [-0.2, -0.15) is 0 Å². The second-order valence-corrected chi connectivity index (χ2v) is 12.1. The van der Waals surface area contributed by atoms with Crippen LogP contribution in [0.1, 0.15) is 32.5 Å². The maximum Gasteiger partial charge on any atom is 0.341 e. The molecule has 1 unspecified atom stereocenters. The average molecular weight is 566 g/mol. The predicted octanol–water partition coefficient (Wildman–Crippen LogP) is 8.94. The molecule has 1 atom stereocenters. The van der Waals surface area contributed by atoms with Crippen molar-refractivity contribution in [2.75, 3.05) is 6.61 Å². The normalized spacial score (nSPS) is 11.8. The molecule has 6 heteroatoms. The van der Waals surface area contributed by atoms with Crippen LogP contribution < -0.4 is 4.74 Å². The fourth-order valence-electron chi connectivity index (χ4n) is 4.55. The third kappa shape index (κ3) is 6.82. The van der Waals surface area contributed by atoms with Crippen molar-refractivity contribution < 1.29 is 14.6 Å². The van der Waals surface area contributed by atoms with Crippen LogP contribution in [-0.2, 0) is 11.2 Å². The molecule has 0 saturated carbocycles. The van der Waals surface area contributed by atoms with Gasteiger partial charge in [0.15, 0.2) is 6.61 Å². The van der Waals surface area contributed by atoms with Crippen LogP contribution >= 0.6 is 23.1 Å². The summed E-state index contributed by atoms with van der Waals surface area (Å²) in [5.74, 6) is -0.392. The van der Waals surface area contributed by atoms with E-state index in [1.807, 2.05) is 36.9 Å². The molecule has 0 bridgehead atoms. The van der Waals surface area contributed by atoms with Gasteiger partial charge in [0.2, 0.25) is 0 Å². The summed E-state index contributed by atoms with van der Waals surface area (Å²) in [4.78, 5) is 18.3. The number of thioether (sulfide) groups is 1. The van der Waals surface area contributed by atoms with E-state index in [0.29, 0.717) is 5.75 Å². The lowest BCUT2D eigenvalue weighted by atomic mass is 10.0. The predicted molar refractivity (Wildman–Crippen MR) is 166 cm³/mol. The lowest BCUT2D eigenvalue weighted by Gasteiger charge is -2.18. The van der Waals surface area contributed by atoms with Crippen LogP contribution in [-0.4, -0.2) is 22.7 Å². The number of aliphatic carboxylic acids is 1. The van der Waals surface area contributed by atoms with Gasteiger partial charge in [-0.3, -0.25) is 0 Å². The third-order valence-corrected chi connectivity index (χ3v) is 9.36. The average Bonchev–Trinajstić information content (AvgIpc) is 3.35. The van der Waals surface area contributed by atoms with Crippen molar-refractivity contribution in [3.8, 4) is 27.4 Å². The molecule has 4 aromatic carbocycles. The minimum atomic E-state index is -0.985. The van der Waals surface area contributed by atoms with E-state index in [-0.39, 0.29) is 11.9 Å². The summed E-state index contributed by atoms with van der Waals surface area (Å²) in [6.07, 6.45) is 0.854. The fraction of sp³-hybridized carbons (Fsp3) is 0.176. The second kappa shape index (κ2) is 12.5. The van der Waals surface area contributed by atoms with Gasteiger partial charge in [-0.05, 0) is 67.6 Å². The Bertz CT molecular complexity index is 1590. The van der Waals surface area contributed by atoms with E-state index in [2.05, 4.69) is 92.7 Å². The molecule has 0 aliphatic heterocycles. The number of benzene rings is 4. The van der Waals surface area contributed by atoms with Crippen LogP contribution in [0.5, 0.6) is 5.75 Å². The highest BCUT2D eigenvalue weighted by atomic mass is 32.2. The first kappa shape index (κ1) is 27.7. The Morgan fingerprint density at radius 2 is 1.55 bits per heavy atom. The van der Waals surface area contributed by atoms with Crippen LogP contribution in [0, 0.1) is 20.8 Å². The zero-order chi connectivity index (χ0) is 28.1. The van der Waals surface area contributed by atoms with Crippen molar-refractivity contribution in [2.45, 2.75) is 37.3 Å². The smallest absolute Gasteiger partial charge is 0.341 e. The molecule has 0 saturated heterocycles. The van der Waals surface area contributed by atoms with E-state index in [4.69, 9.17) is 14.8 Å². The molecular formula is C34H31NO3S2. The lowest BCUT2D eigenvalue weighted by molar-refractivity contribution is -0.139. The van der Waals surface area contributed by atoms with Gasteiger partial charge in [-0.25, -0.2) is 9.78 Å². The van der Waals surface area contributed by atoms with E-state index in [0.717, 1.165) is 33.1 Å². The summed E-state index contributed by atoms with van der Waals surface area (Å²) in [5.41, 5.74) is 8.02. The van der Waals surface area contributed by atoms with Gasteiger partial charge in [0.1, 0.15) is 10.8 Å². The highest BCUT2D eigenvalue weighted by Gasteiger charge is 2.22. The van der Waals surface area contributed by atoms with Crippen molar-refractivity contribution >= 4 is 29.1 Å². The van der Waals surface area contributed by atoms with Crippen molar-refractivity contribution in [1.29, 1.82) is 0 Å². The van der Waals surface area contributed by atoms with E-state index in [1.165, 1.54) is 27.1 Å². The van der Waals surface area contributed by atoms with Gasteiger partial charge in [0.05, 0.1) is 5.69 Å². The second-order valence-electron chi connectivity index (χ2n) is 9.82. The minimum Gasteiger partial charge on any atom is -0.482 e. The highest BCUT2D eigenvalue weighted by Crippen LogP contribution is 2.44. The topological polar surface area (TPSA) is 59.4 Å². The van der Waals surface area contributed by atoms with Crippen molar-refractivity contribution in [3.05, 3.63) is 124 Å². The molecular weight excluding hydrogens is 535 g/mol. The summed E-state index contributed by atoms with van der Waals surface area (Å²) < 4.78 is 5.45. The number of nitrogens with zero attached hydrogens (tertiary/aromatic N) is 1. The molecule has 0 spiro atoms. The molecule has 0 aliphatic rings. The molecule has 202 valence electrons. The Morgan fingerprint density at radius 3 is 2.23 bits per heavy atom. The molecule has 1 N–H and O–H groups in total.